The van der Waals surface area contributed by atoms with Gasteiger partial charge in [-0.15, -0.1) is 0 Å². The molecule has 172 valence electrons. The van der Waals surface area contributed by atoms with Gasteiger partial charge in [-0.2, -0.15) is 0 Å². The van der Waals surface area contributed by atoms with E-state index in [9.17, 15) is 18.0 Å². The Hall–Kier alpha value is -3.40. The quantitative estimate of drug-likeness (QED) is 0.466. The first kappa shape index (κ1) is 24.2. The second kappa shape index (κ2) is 10.0. The summed E-state index contributed by atoms with van der Waals surface area (Å²) in [5.74, 6) is -0.555. The van der Waals surface area contributed by atoms with Crippen LogP contribution < -0.4 is 20.5 Å². The molecule has 0 aromatic heterocycles. The molecule has 0 spiro atoms. The number of amides is 2. The number of nitrogens with two attached hydrogens (primary N) is 1. The van der Waals surface area contributed by atoms with E-state index in [-0.39, 0.29) is 23.2 Å². The largest absolute Gasteiger partial charge is 0.482 e. The van der Waals surface area contributed by atoms with Crippen LogP contribution in [0.15, 0.2) is 65.6 Å². The number of primary sulfonamides is 1. The normalized spacial score (nSPS) is 11.0. The number of nitrogens with one attached hydrogen (secondary N) is 2. The number of ether oxygens (including phenoxy) is 1. The Morgan fingerprint density at radius 2 is 1.67 bits per heavy atom. The number of hydrogen-bond acceptors (Lipinski definition) is 5. The van der Waals surface area contributed by atoms with Crippen molar-refractivity contribution in [2.75, 3.05) is 17.2 Å². The molecule has 8 nitrogen and oxygen atoms in total. The van der Waals surface area contributed by atoms with Crippen molar-refractivity contribution in [1.82, 2.24) is 0 Å². The van der Waals surface area contributed by atoms with Gasteiger partial charge >= 0.3 is 0 Å². The molecule has 4 N–H and O–H groups in total. The number of rotatable bonds is 7. The Labute approximate surface area is 196 Å². The van der Waals surface area contributed by atoms with Crippen molar-refractivity contribution in [3.8, 4) is 5.75 Å². The van der Waals surface area contributed by atoms with Crippen LogP contribution in [0.2, 0.25) is 5.02 Å². The number of carbonyl (C=O) groups excluding carboxylic acids is 2. The molecule has 0 bridgehead atoms. The summed E-state index contributed by atoms with van der Waals surface area (Å²) in [6.45, 7) is 3.11. The molecule has 0 fully saturated rings. The summed E-state index contributed by atoms with van der Waals surface area (Å²) in [4.78, 5) is 25.0. The lowest BCUT2D eigenvalue weighted by Crippen LogP contribution is -2.22. The van der Waals surface area contributed by atoms with E-state index in [1.165, 1.54) is 24.3 Å². The standard InChI is InChI=1S/C23H22ClN3O5S/c1-14-5-3-4-6-18(14)23(29)27-20-12-16(24)7-10-21(20)32-13-22(28)26-19-9-8-17(11-15(19)2)33(25,30)31/h3-12H,13H2,1-2H3,(H,26,28)(H,27,29)(H2,25,30,31). The second-order valence-electron chi connectivity index (χ2n) is 7.27. The number of sulfonamides is 1. The molecule has 0 saturated carbocycles. The fourth-order valence-corrected chi connectivity index (χ4v) is 3.80. The Kier molecular flexibility index (Phi) is 7.37. The fourth-order valence-electron chi connectivity index (χ4n) is 3.03. The van der Waals surface area contributed by atoms with Crippen LogP contribution in [0.3, 0.4) is 0 Å². The minimum atomic E-state index is -3.84. The van der Waals surface area contributed by atoms with Gasteiger partial charge < -0.3 is 15.4 Å². The zero-order valence-electron chi connectivity index (χ0n) is 17.9. The highest BCUT2D eigenvalue weighted by Crippen LogP contribution is 2.29. The minimum Gasteiger partial charge on any atom is -0.482 e. The zero-order valence-corrected chi connectivity index (χ0v) is 19.5. The molecule has 3 rings (SSSR count). The summed E-state index contributed by atoms with van der Waals surface area (Å²) in [7, 11) is -3.84. The van der Waals surface area contributed by atoms with Gasteiger partial charge in [0.05, 0.1) is 10.6 Å². The summed E-state index contributed by atoms with van der Waals surface area (Å²) in [5, 5.41) is 10.9. The molecule has 3 aromatic rings. The minimum absolute atomic E-state index is 0.0514. The summed E-state index contributed by atoms with van der Waals surface area (Å²) >= 11 is 6.07. The lowest BCUT2D eigenvalue weighted by Gasteiger charge is -2.14. The highest BCUT2D eigenvalue weighted by molar-refractivity contribution is 7.89. The highest BCUT2D eigenvalue weighted by atomic mass is 35.5. The number of carbonyl (C=O) groups is 2. The SMILES string of the molecule is Cc1cc(S(N)(=O)=O)ccc1NC(=O)COc1ccc(Cl)cc1NC(=O)c1ccccc1C. The van der Waals surface area contributed by atoms with Crippen molar-refractivity contribution in [3.63, 3.8) is 0 Å². The predicted octanol–water partition coefficient (Wildman–Crippen LogP) is 3.87. The van der Waals surface area contributed by atoms with Crippen molar-refractivity contribution in [2.24, 2.45) is 5.14 Å². The molecule has 33 heavy (non-hydrogen) atoms. The highest BCUT2D eigenvalue weighted by Gasteiger charge is 2.15. The van der Waals surface area contributed by atoms with Crippen LogP contribution in [0.25, 0.3) is 0 Å². The molecular weight excluding hydrogens is 466 g/mol. The first-order valence-corrected chi connectivity index (χ1v) is 11.7. The van der Waals surface area contributed by atoms with Crippen molar-refractivity contribution in [3.05, 3.63) is 82.4 Å². The molecule has 0 aliphatic carbocycles. The smallest absolute Gasteiger partial charge is 0.262 e. The maximum atomic E-state index is 12.7. The van der Waals surface area contributed by atoms with E-state index in [1.54, 1.807) is 31.2 Å². The molecule has 3 aromatic carbocycles. The maximum Gasteiger partial charge on any atom is 0.262 e. The molecule has 2 amide bonds. The molecule has 0 unspecified atom stereocenters. The number of benzene rings is 3. The summed E-state index contributed by atoms with van der Waals surface area (Å²) in [6.07, 6.45) is 0. The average Bonchev–Trinajstić information content (AvgIpc) is 2.74. The molecule has 0 saturated heterocycles. The summed E-state index contributed by atoms with van der Waals surface area (Å²) in [5.41, 5.74) is 2.56. The number of hydrogen-bond donors (Lipinski definition) is 3. The van der Waals surface area contributed by atoms with Crippen molar-refractivity contribution < 1.29 is 22.7 Å². The van der Waals surface area contributed by atoms with Crippen LogP contribution in [0.5, 0.6) is 5.75 Å². The van der Waals surface area contributed by atoms with Crippen LogP contribution in [-0.2, 0) is 14.8 Å². The van der Waals surface area contributed by atoms with Crippen LogP contribution in [0, 0.1) is 13.8 Å². The second-order valence-corrected chi connectivity index (χ2v) is 9.27. The van der Waals surface area contributed by atoms with Crippen molar-refractivity contribution in [1.29, 1.82) is 0 Å². The first-order chi connectivity index (χ1) is 15.5. The van der Waals surface area contributed by atoms with Gasteiger partial charge in [0.25, 0.3) is 11.8 Å². The van der Waals surface area contributed by atoms with Gasteiger partial charge in [0.1, 0.15) is 5.75 Å². The van der Waals surface area contributed by atoms with Crippen LogP contribution in [0.4, 0.5) is 11.4 Å². The fraction of sp³-hybridized carbons (Fsp3) is 0.130. The van der Waals surface area contributed by atoms with Gasteiger partial charge in [0.15, 0.2) is 6.61 Å². The summed E-state index contributed by atoms with van der Waals surface area (Å²) in [6, 6.07) is 15.9. The maximum absolute atomic E-state index is 12.7. The third-order valence-corrected chi connectivity index (χ3v) is 5.88. The van der Waals surface area contributed by atoms with Gasteiger partial charge in [-0.3, -0.25) is 9.59 Å². The molecule has 0 aliphatic rings. The van der Waals surface area contributed by atoms with E-state index in [1.807, 2.05) is 19.1 Å². The Balaban J connectivity index is 1.70. The van der Waals surface area contributed by atoms with E-state index in [4.69, 9.17) is 21.5 Å². The van der Waals surface area contributed by atoms with Crippen LogP contribution in [0.1, 0.15) is 21.5 Å². The van der Waals surface area contributed by atoms with E-state index in [2.05, 4.69) is 10.6 Å². The van der Waals surface area contributed by atoms with Crippen LogP contribution in [-0.4, -0.2) is 26.8 Å². The monoisotopic (exact) mass is 487 g/mol. The van der Waals surface area contributed by atoms with Crippen LogP contribution >= 0.6 is 11.6 Å². The predicted molar refractivity (Wildman–Crippen MR) is 127 cm³/mol. The van der Waals surface area contributed by atoms with Gasteiger partial charge in [0.2, 0.25) is 10.0 Å². The lowest BCUT2D eigenvalue weighted by atomic mass is 10.1. The topological polar surface area (TPSA) is 128 Å². The van der Waals surface area contributed by atoms with Crippen molar-refractivity contribution in [2.45, 2.75) is 18.7 Å². The van der Waals surface area contributed by atoms with Gasteiger partial charge in [-0.05, 0) is 67.4 Å². The molecule has 10 heteroatoms. The molecule has 0 aliphatic heterocycles. The van der Waals surface area contributed by atoms with Gasteiger partial charge in [-0.25, -0.2) is 13.6 Å². The molecule has 0 atom stereocenters. The zero-order chi connectivity index (χ0) is 24.2. The molecule has 0 heterocycles. The molecular formula is C23H22ClN3O5S. The number of halogens is 1. The van der Waals surface area contributed by atoms with Gasteiger partial charge in [-0.1, -0.05) is 29.8 Å². The summed E-state index contributed by atoms with van der Waals surface area (Å²) < 4.78 is 28.5. The molecule has 0 radical (unpaired) electrons. The van der Waals surface area contributed by atoms with E-state index in [0.717, 1.165) is 5.56 Å². The third kappa shape index (κ3) is 6.32. The Morgan fingerprint density at radius 1 is 0.939 bits per heavy atom. The van der Waals surface area contributed by atoms with E-state index in [0.29, 0.717) is 27.5 Å². The van der Waals surface area contributed by atoms with Crippen molar-refractivity contribution >= 4 is 44.8 Å². The third-order valence-electron chi connectivity index (χ3n) is 4.74. The van der Waals surface area contributed by atoms with E-state index < -0.39 is 15.9 Å². The Morgan fingerprint density at radius 3 is 2.33 bits per heavy atom. The first-order valence-electron chi connectivity index (χ1n) is 9.77. The van der Waals surface area contributed by atoms with Gasteiger partial charge in [0, 0.05) is 16.3 Å². The van der Waals surface area contributed by atoms with E-state index >= 15 is 0 Å². The number of anilines is 2. The number of aryl methyl sites for hydroxylation is 2. The average molecular weight is 488 g/mol. The lowest BCUT2D eigenvalue weighted by molar-refractivity contribution is -0.118. The Bertz CT molecular complexity index is 1330.